The van der Waals surface area contributed by atoms with Gasteiger partial charge in [0, 0.05) is 36.9 Å². The Balaban J connectivity index is 0.00000261. The molecule has 1 heterocycles. The highest BCUT2D eigenvalue weighted by molar-refractivity contribution is 7.92. The Hall–Kier alpha value is -2.09. The topological polar surface area (TPSA) is 78.5 Å². The second-order valence-electron chi connectivity index (χ2n) is 6.55. The molecule has 27 heavy (non-hydrogen) atoms. The zero-order valence-corrected chi connectivity index (χ0v) is 16.9. The molecule has 0 aliphatic carbocycles. The van der Waals surface area contributed by atoms with Gasteiger partial charge in [-0.15, -0.1) is 12.4 Å². The minimum atomic E-state index is -3.76. The Labute approximate surface area is 166 Å². The van der Waals surface area contributed by atoms with E-state index in [1.54, 1.807) is 29.2 Å². The lowest BCUT2D eigenvalue weighted by molar-refractivity contribution is 0.0655. The van der Waals surface area contributed by atoms with E-state index in [0.29, 0.717) is 17.8 Å². The van der Waals surface area contributed by atoms with Gasteiger partial charge in [0.15, 0.2) is 0 Å². The lowest BCUT2D eigenvalue weighted by Gasteiger charge is -2.34. The fourth-order valence-corrected chi connectivity index (χ4v) is 4.04. The van der Waals surface area contributed by atoms with Crippen molar-refractivity contribution in [1.82, 2.24) is 10.2 Å². The zero-order chi connectivity index (χ0) is 18.7. The first-order chi connectivity index (χ1) is 12.4. The number of nitrogens with zero attached hydrogens (tertiary/aromatic N) is 1. The maximum absolute atomic E-state index is 12.8. The van der Waals surface area contributed by atoms with Crippen LogP contribution in [0.5, 0.6) is 0 Å². The number of amides is 1. The smallest absolute Gasteiger partial charge is 0.261 e. The minimum Gasteiger partial charge on any atom is -0.333 e. The summed E-state index contributed by atoms with van der Waals surface area (Å²) in [7, 11) is -3.76. The van der Waals surface area contributed by atoms with Crippen LogP contribution < -0.4 is 10.0 Å². The molecule has 1 aliphatic rings. The molecule has 2 N–H and O–H groups in total. The Morgan fingerprint density at radius 2 is 1.89 bits per heavy atom. The van der Waals surface area contributed by atoms with Crippen LogP contribution in [0.15, 0.2) is 53.4 Å². The fraction of sp³-hybridized carbons (Fsp3) is 0.316. The predicted octanol–water partition coefficient (Wildman–Crippen LogP) is 2.65. The molecule has 0 radical (unpaired) electrons. The van der Waals surface area contributed by atoms with Crippen LogP contribution in [0.1, 0.15) is 22.8 Å². The number of halogens is 1. The number of carbonyl (C=O) groups is 1. The highest BCUT2D eigenvalue weighted by atomic mass is 35.5. The Kier molecular flexibility index (Phi) is 6.86. The predicted molar refractivity (Wildman–Crippen MR) is 109 cm³/mol. The van der Waals surface area contributed by atoms with Crippen LogP contribution in [0.25, 0.3) is 0 Å². The van der Waals surface area contributed by atoms with Gasteiger partial charge in [0.05, 0.1) is 4.90 Å². The summed E-state index contributed by atoms with van der Waals surface area (Å²) in [5.41, 5.74) is 1.92. The van der Waals surface area contributed by atoms with E-state index in [9.17, 15) is 13.2 Å². The molecule has 3 rings (SSSR count). The third kappa shape index (κ3) is 5.00. The fourth-order valence-electron chi connectivity index (χ4n) is 2.94. The highest BCUT2D eigenvalue weighted by Crippen LogP contribution is 2.19. The van der Waals surface area contributed by atoms with Crippen molar-refractivity contribution in [2.24, 2.45) is 0 Å². The summed E-state index contributed by atoms with van der Waals surface area (Å²) in [5.74, 6) is -0.147. The molecule has 0 bridgehead atoms. The second kappa shape index (κ2) is 8.73. The third-order valence-electron chi connectivity index (χ3n) is 4.46. The third-order valence-corrected chi connectivity index (χ3v) is 5.84. The molecular weight excluding hydrogens is 386 g/mol. The van der Waals surface area contributed by atoms with Gasteiger partial charge in [0.1, 0.15) is 0 Å². The van der Waals surface area contributed by atoms with Crippen molar-refractivity contribution in [3.8, 4) is 0 Å². The summed E-state index contributed by atoms with van der Waals surface area (Å²) in [6, 6.07) is 13.4. The molecule has 2 aromatic carbocycles. The Bertz CT molecular complexity index is 901. The van der Waals surface area contributed by atoms with E-state index < -0.39 is 10.0 Å². The monoisotopic (exact) mass is 409 g/mol. The molecule has 8 heteroatoms. The number of benzene rings is 2. The number of nitrogens with one attached hydrogen (secondary N) is 2. The summed E-state index contributed by atoms with van der Waals surface area (Å²) in [6.07, 6.45) is 0. The van der Waals surface area contributed by atoms with Gasteiger partial charge in [-0.05, 0) is 44.2 Å². The SMILES string of the molecule is Cc1ccc(NS(=O)(=O)c2cccc(C(=O)N3CCNC[C@@H]3C)c2)cc1.Cl. The van der Waals surface area contributed by atoms with E-state index in [1.807, 2.05) is 26.0 Å². The molecule has 1 aliphatic heterocycles. The largest absolute Gasteiger partial charge is 0.333 e. The molecule has 1 amide bonds. The van der Waals surface area contributed by atoms with Gasteiger partial charge in [-0.2, -0.15) is 0 Å². The lowest BCUT2D eigenvalue weighted by Crippen LogP contribution is -2.52. The minimum absolute atomic E-state index is 0. The van der Waals surface area contributed by atoms with E-state index in [1.165, 1.54) is 12.1 Å². The molecule has 1 saturated heterocycles. The normalized spacial score (nSPS) is 17.1. The molecule has 0 spiro atoms. The van der Waals surface area contributed by atoms with Gasteiger partial charge in [-0.1, -0.05) is 23.8 Å². The molecule has 2 aromatic rings. The van der Waals surface area contributed by atoms with Crippen molar-refractivity contribution in [3.05, 3.63) is 59.7 Å². The molecule has 0 aromatic heterocycles. The van der Waals surface area contributed by atoms with Crippen molar-refractivity contribution >= 4 is 34.0 Å². The molecule has 146 valence electrons. The highest BCUT2D eigenvalue weighted by Gasteiger charge is 2.25. The summed E-state index contributed by atoms with van der Waals surface area (Å²) in [4.78, 5) is 14.6. The molecule has 1 fully saturated rings. The van der Waals surface area contributed by atoms with Gasteiger partial charge in [0.2, 0.25) is 0 Å². The summed E-state index contributed by atoms with van der Waals surface area (Å²) >= 11 is 0. The Morgan fingerprint density at radius 1 is 1.19 bits per heavy atom. The average molecular weight is 410 g/mol. The van der Waals surface area contributed by atoms with E-state index in [-0.39, 0.29) is 29.3 Å². The second-order valence-corrected chi connectivity index (χ2v) is 8.23. The number of hydrogen-bond acceptors (Lipinski definition) is 4. The number of carbonyl (C=O) groups excluding carboxylic acids is 1. The number of anilines is 1. The Morgan fingerprint density at radius 3 is 2.56 bits per heavy atom. The van der Waals surface area contributed by atoms with Gasteiger partial charge in [-0.25, -0.2) is 8.42 Å². The van der Waals surface area contributed by atoms with Gasteiger partial charge >= 0.3 is 0 Å². The van der Waals surface area contributed by atoms with Crippen LogP contribution in [0.3, 0.4) is 0 Å². The zero-order valence-electron chi connectivity index (χ0n) is 15.3. The average Bonchev–Trinajstić information content (AvgIpc) is 2.63. The first-order valence-electron chi connectivity index (χ1n) is 8.58. The van der Waals surface area contributed by atoms with E-state index >= 15 is 0 Å². The van der Waals surface area contributed by atoms with E-state index in [4.69, 9.17) is 0 Å². The molecule has 1 atom stereocenters. The van der Waals surface area contributed by atoms with Crippen molar-refractivity contribution in [2.75, 3.05) is 24.4 Å². The van der Waals surface area contributed by atoms with Crippen LogP contribution in [0, 0.1) is 6.92 Å². The van der Waals surface area contributed by atoms with Gasteiger partial charge in [-0.3, -0.25) is 9.52 Å². The maximum atomic E-state index is 12.8. The van der Waals surface area contributed by atoms with Crippen molar-refractivity contribution in [2.45, 2.75) is 24.8 Å². The first-order valence-corrected chi connectivity index (χ1v) is 10.1. The molecule has 0 unspecified atom stereocenters. The van der Waals surface area contributed by atoms with Crippen molar-refractivity contribution < 1.29 is 13.2 Å². The standard InChI is InChI=1S/C19H23N3O3S.ClH/c1-14-6-8-17(9-7-14)21-26(24,25)18-5-3-4-16(12-18)19(23)22-11-10-20-13-15(22)2;/h3-9,12,15,20-21H,10-11,13H2,1-2H3;1H/t15-;/m0./s1. The van der Waals surface area contributed by atoms with Crippen LogP contribution in [-0.2, 0) is 10.0 Å². The number of aryl methyl sites for hydroxylation is 1. The van der Waals surface area contributed by atoms with Crippen LogP contribution in [0.4, 0.5) is 5.69 Å². The van der Waals surface area contributed by atoms with E-state index in [2.05, 4.69) is 10.0 Å². The number of piperazine rings is 1. The molecule has 6 nitrogen and oxygen atoms in total. The van der Waals surface area contributed by atoms with Crippen LogP contribution in [0.2, 0.25) is 0 Å². The van der Waals surface area contributed by atoms with Crippen molar-refractivity contribution in [1.29, 1.82) is 0 Å². The number of sulfonamides is 1. The van der Waals surface area contributed by atoms with Crippen LogP contribution >= 0.6 is 12.4 Å². The number of hydrogen-bond donors (Lipinski definition) is 2. The quantitative estimate of drug-likeness (QED) is 0.813. The molecular formula is C19H24ClN3O3S. The summed E-state index contributed by atoms with van der Waals surface area (Å²) < 4.78 is 27.9. The number of rotatable bonds is 4. The molecule has 0 saturated carbocycles. The van der Waals surface area contributed by atoms with Crippen molar-refractivity contribution in [3.63, 3.8) is 0 Å². The summed E-state index contributed by atoms with van der Waals surface area (Å²) in [5, 5.41) is 3.24. The first kappa shape index (κ1) is 21.2. The van der Waals surface area contributed by atoms with Gasteiger partial charge < -0.3 is 10.2 Å². The lowest BCUT2D eigenvalue weighted by atomic mass is 10.1. The van der Waals surface area contributed by atoms with Gasteiger partial charge in [0.25, 0.3) is 15.9 Å². The van der Waals surface area contributed by atoms with Crippen LogP contribution in [-0.4, -0.2) is 44.9 Å². The van der Waals surface area contributed by atoms with E-state index in [0.717, 1.165) is 18.7 Å². The summed E-state index contributed by atoms with van der Waals surface area (Å²) in [6.45, 7) is 5.99. The maximum Gasteiger partial charge on any atom is 0.261 e.